The van der Waals surface area contributed by atoms with Crippen molar-refractivity contribution in [2.75, 3.05) is 19.6 Å². The van der Waals surface area contributed by atoms with Gasteiger partial charge in [0.05, 0.1) is 0 Å². The molecular formula is C15H17F3N2O. The number of halogens is 3. The van der Waals surface area contributed by atoms with Crippen LogP contribution in [0.4, 0.5) is 13.2 Å². The second-order valence-corrected chi connectivity index (χ2v) is 6.26. The Morgan fingerprint density at radius 1 is 1.24 bits per heavy atom. The van der Waals surface area contributed by atoms with E-state index in [4.69, 9.17) is 4.74 Å². The van der Waals surface area contributed by atoms with Crippen molar-refractivity contribution in [2.24, 2.45) is 5.92 Å². The van der Waals surface area contributed by atoms with Crippen LogP contribution in [0.3, 0.4) is 0 Å². The molecule has 0 spiro atoms. The van der Waals surface area contributed by atoms with Crippen LogP contribution in [0.15, 0.2) is 35.9 Å². The molecule has 21 heavy (non-hydrogen) atoms. The van der Waals surface area contributed by atoms with Crippen molar-refractivity contribution in [3.63, 3.8) is 0 Å². The molecule has 0 aromatic rings. The van der Waals surface area contributed by atoms with Crippen molar-refractivity contribution in [3.8, 4) is 0 Å². The molecule has 4 atom stereocenters. The Hall–Kier alpha value is -1.43. The predicted octanol–water partition coefficient (Wildman–Crippen LogP) is 2.64. The predicted molar refractivity (Wildman–Crippen MR) is 71.0 cm³/mol. The zero-order valence-corrected chi connectivity index (χ0v) is 11.5. The van der Waals surface area contributed by atoms with E-state index in [9.17, 15) is 13.2 Å². The molecule has 4 aliphatic heterocycles. The summed E-state index contributed by atoms with van der Waals surface area (Å²) in [5, 5.41) is 0. The van der Waals surface area contributed by atoms with Gasteiger partial charge in [-0.1, -0.05) is 0 Å². The van der Waals surface area contributed by atoms with E-state index < -0.39 is 12.3 Å². The number of allylic oxidation sites excluding steroid dienone is 1. The van der Waals surface area contributed by atoms with Crippen LogP contribution in [0.2, 0.25) is 0 Å². The zero-order chi connectivity index (χ0) is 14.6. The zero-order valence-electron chi connectivity index (χ0n) is 11.5. The molecule has 114 valence electrons. The number of piperidine rings is 1. The van der Waals surface area contributed by atoms with Crippen LogP contribution >= 0.6 is 0 Å². The van der Waals surface area contributed by atoms with Gasteiger partial charge in [-0.25, -0.2) is 0 Å². The van der Waals surface area contributed by atoms with Gasteiger partial charge in [0.1, 0.15) is 5.76 Å². The van der Waals surface area contributed by atoms with Crippen LogP contribution in [-0.4, -0.2) is 47.8 Å². The first-order valence-electron chi connectivity index (χ1n) is 7.34. The Balaban J connectivity index is 1.51. The van der Waals surface area contributed by atoms with Gasteiger partial charge in [0.2, 0.25) is 6.10 Å². The molecule has 0 amide bonds. The molecule has 2 bridgehead atoms. The monoisotopic (exact) mass is 298 g/mol. The van der Waals surface area contributed by atoms with Crippen LogP contribution in [0, 0.1) is 5.92 Å². The SMILES string of the molecule is FC(F)(F)C1C=C2C=CN([C@@H]3C[C@H]4CCN(C4)C3)C=C2O1. The maximum atomic E-state index is 12.7. The number of alkyl halides is 3. The Labute approximate surface area is 121 Å². The summed E-state index contributed by atoms with van der Waals surface area (Å²) in [5.41, 5.74) is 0.535. The van der Waals surface area contributed by atoms with Crippen molar-refractivity contribution < 1.29 is 17.9 Å². The lowest BCUT2D eigenvalue weighted by molar-refractivity contribution is -0.189. The summed E-state index contributed by atoms with van der Waals surface area (Å²) in [6, 6.07) is 0.338. The highest BCUT2D eigenvalue weighted by Crippen LogP contribution is 2.38. The van der Waals surface area contributed by atoms with Crippen LogP contribution < -0.4 is 0 Å². The molecule has 0 aromatic carbocycles. The van der Waals surface area contributed by atoms with Crippen molar-refractivity contribution in [3.05, 3.63) is 35.9 Å². The lowest BCUT2D eigenvalue weighted by atomic mass is 9.95. The third-order valence-corrected chi connectivity index (χ3v) is 4.75. The molecular weight excluding hydrogens is 281 g/mol. The Bertz CT molecular complexity index is 526. The number of fused-ring (bicyclic) bond motifs is 3. The topological polar surface area (TPSA) is 15.7 Å². The fourth-order valence-corrected chi connectivity index (χ4v) is 3.70. The van der Waals surface area contributed by atoms with E-state index in [2.05, 4.69) is 4.90 Å². The third-order valence-electron chi connectivity index (χ3n) is 4.75. The summed E-state index contributed by atoms with van der Waals surface area (Å²) in [5.74, 6) is 1.06. The van der Waals surface area contributed by atoms with E-state index in [-0.39, 0.29) is 0 Å². The minimum atomic E-state index is -4.35. The fourth-order valence-electron chi connectivity index (χ4n) is 3.70. The van der Waals surface area contributed by atoms with Crippen LogP contribution in [-0.2, 0) is 4.74 Å². The van der Waals surface area contributed by atoms with Crippen molar-refractivity contribution in [1.82, 2.24) is 9.80 Å². The number of ether oxygens (including phenoxy) is 1. The lowest BCUT2D eigenvalue weighted by Crippen LogP contribution is -2.43. The quantitative estimate of drug-likeness (QED) is 0.740. The standard InChI is InChI=1S/C15H17F3N2O/c16-15(17,18)14-6-11-2-4-20(9-13(11)21-14)12-5-10-1-3-19(7-10)8-12/h2,4,6,9-10,12,14H,1,3,5,7-8H2/t10-,12-,14?/m1/s1. The van der Waals surface area contributed by atoms with Crippen LogP contribution in [0.5, 0.6) is 0 Å². The molecule has 3 nitrogen and oxygen atoms in total. The summed E-state index contributed by atoms with van der Waals surface area (Å²) >= 11 is 0. The van der Waals surface area contributed by atoms with E-state index in [0.717, 1.165) is 31.5 Å². The van der Waals surface area contributed by atoms with Gasteiger partial charge in [0.15, 0.2) is 0 Å². The van der Waals surface area contributed by atoms with Crippen LogP contribution in [0.1, 0.15) is 12.8 Å². The van der Waals surface area contributed by atoms with Gasteiger partial charge in [-0.05, 0) is 37.5 Å². The second-order valence-electron chi connectivity index (χ2n) is 6.26. The normalized spacial score (nSPS) is 38.0. The van der Waals surface area contributed by atoms with E-state index >= 15 is 0 Å². The Kier molecular flexibility index (Phi) is 2.86. The summed E-state index contributed by atoms with van der Waals surface area (Å²) in [6.45, 7) is 3.29. The summed E-state index contributed by atoms with van der Waals surface area (Å²) in [7, 11) is 0. The van der Waals surface area contributed by atoms with Gasteiger partial charge >= 0.3 is 6.18 Å². The van der Waals surface area contributed by atoms with Gasteiger partial charge in [-0.3, -0.25) is 0 Å². The first-order chi connectivity index (χ1) is 9.99. The molecule has 0 N–H and O–H groups in total. The van der Waals surface area contributed by atoms with Crippen molar-refractivity contribution in [2.45, 2.75) is 31.2 Å². The van der Waals surface area contributed by atoms with E-state index in [1.165, 1.54) is 13.0 Å². The first-order valence-corrected chi connectivity index (χ1v) is 7.34. The maximum absolute atomic E-state index is 12.7. The molecule has 2 saturated heterocycles. The molecule has 0 aliphatic carbocycles. The molecule has 0 radical (unpaired) electrons. The number of nitrogens with zero attached hydrogens (tertiary/aromatic N) is 2. The van der Waals surface area contributed by atoms with E-state index in [0.29, 0.717) is 17.4 Å². The number of hydrogen-bond acceptors (Lipinski definition) is 3. The molecule has 0 aromatic heterocycles. The molecule has 2 fully saturated rings. The fraction of sp³-hybridized carbons (Fsp3) is 0.600. The Morgan fingerprint density at radius 2 is 2.10 bits per heavy atom. The molecule has 0 saturated carbocycles. The highest BCUT2D eigenvalue weighted by atomic mass is 19.4. The number of rotatable bonds is 1. The van der Waals surface area contributed by atoms with Gasteiger partial charge < -0.3 is 14.5 Å². The van der Waals surface area contributed by atoms with Crippen molar-refractivity contribution >= 4 is 0 Å². The second kappa shape index (κ2) is 4.53. The summed E-state index contributed by atoms with van der Waals surface area (Å²) < 4.78 is 43.2. The summed E-state index contributed by atoms with van der Waals surface area (Å²) in [4.78, 5) is 4.46. The summed E-state index contributed by atoms with van der Waals surface area (Å²) in [6.07, 6.45) is 2.67. The molecule has 4 rings (SSSR count). The number of hydrogen-bond donors (Lipinski definition) is 0. The van der Waals surface area contributed by atoms with Gasteiger partial charge in [0.25, 0.3) is 0 Å². The molecule has 4 heterocycles. The van der Waals surface area contributed by atoms with E-state index in [1.807, 2.05) is 11.1 Å². The molecule has 6 heteroatoms. The van der Waals surface area contributed by atoms with E-state index in [1.54, 1.807) is 12.3 Å². The smallest absolute Gasteiger partial charge is 0.429 e. The highest BCUT2D eigenvalue weighted by Gasteiger charge is 2.45. The Morgan fingerprint density at radius 3 is 2.86 bits per heavy atom. The largest absolute Gasteiger partial charge is 0.475 e. The molecule has 4 aliphatic rings. The lowest BCUT2D eigenvalue weighted by Gasteiger charge is -2.37. The van der Waals surface area contributed by atoms with Gasteiger partial charge in [0, 0.05) is 37.1 Å². The third kappa shape index (κ3) is 2.35. The average Bonchev–Trinajstić information content (AvgIpc) is 3.00. The van der Waals surface area contributed by atoms with Gasteiger partial charge in [-0.15, -0.1) is 0 Å². The first kappa shape index (κ1) is 13.2. The highest BCUT2D eigenvalue weighted by molar-refractivity contribution is 5.43. The molecule has 2 unspecified atom stereocenters. The van der Waals surface area contributed by atoms with Crippen LogP contribution in [0.25, 0.3) is 0 Å². The van der Waals surface area contributed by atoms with Gasteiger partial charge in [-0.2, -0.15) is 13.2 Å². The minimum absolute atomic E-state index is 0.338. The average molecular weight is 298 g/mol. The minimum Gasteiger partial charge on any atom is -0.475 e. The maximum Gasteiger partial charge on any atom is 0.429 e. The van der Waals surface area contributed by atoms with Crippen molar-refractivity contribution in [1.29, 1.82) is 0 Å².